The second kappa shape index (κ2) is 75.5. The van der Waals surface area contributed by atoms with Crippen molar-refractivity contribution in [3.8, 4) is 0 Å². The fourth-order valence-electron chi connectivity index (χ4n) is 13.0. The first kappa shape index (κ1) is 101. The molecule has 7 atom stereocenters. The van der Waals surface area contributed by atoms with Crippen LogP contribution in [0.2, 0.25) is 0 Å². The van der Waals surface area contributed by atoms with Crippen LogP contribution >= 0.6 is 15.6 Å². The molecule has 612 valence electrons. The molecule has 0 aromatic rings. The van der Waals surface area contributed by atoms with Crippen molar-refractivity contribution in [1.82, 2.24) is 0 Å². The normalized spacial score (nSPS) is 14.4. The molecular weight excluding hydrogens is 1340 g/mol. The first-order chi connectivity index (χ1) is 49.9. The van der Waals surface area contributed by atoms with Gasteiger partial charge in [0.05, 0.1) is 26.4 Å². The number of esters is 4. The van der Waals surface area contributed by atoms with E-state index in [1.807, 2.05) is 0 Å². The van der Waals surface area contributed by atoms with E-state index in [-0.39, 0.29) is 25.7 Å². The molecule has 0 aliphatic rings. The molecule has 0 aromatic heterocycles. The fourth-order valence-corrected chi connectivity index (χ4v) is 14.6. The van der Waals surface area contributed by atoms with Gasteiger partial charge in [-0.05, 0) is 37.5 Å². The summed E-state index contributed by atoms with van der Waals surface area (Å²) in [4.78, 5) is 73.1. The fraction of sp³-hybridized carbons (Fsp3) is 0.952. The van der Waals surface area contributed by atoms with Crippen LogP contribution in [0, 0.1) is 11.8 Å². The Morgan fingerprint density at radius 3 is 0.689 bits per heavy atom. The average molecular weight is 1510 g/mol. The van der Waals surface area contributed by atoms with Crippen molar-refractivity contribution < 1.29 is 80.2 Å². The number of aliphatic hydroxyl groups excluding tert-OH is 1. The third-order valence-electron chi connectivity index (χ3n) is 20.4. The van der Waals surface area contributed by atoms with Crippen LogP contribution < -0.4 is 0 Å². The van der Waals surface area contributed by atoms with Crippen molar-refractivity contribution in [2.75, 3.05) is 39.6 Å². The van der Waals surface area contributed by atoms with E-state index in [0.717, 1.165) is 102 Å². The van der Waals surface area contributed by atoms with Gasteiger partial charge in [0.1, 0.15) is 19.3 Å². The highest BCUT2D eigenvalue weighted by Gasteiger charge is 2.30. The van der Waals surface area contributed by atoms with Gasteiger partial charge in [-0.25, -0.2) is 9.13 Å². The summed E-state index contributed by atoms with van der Waals surface area (Å²) in [5.41, 5.74) is 0. The highest BCUT2D eigenvalue weighted by Crippen LogP contribution is 2.45. The number of carbonyl (C=O) groups is 4. The van der Waals surface area contributed by atoms with E-state index in [0.29, 0.717) is 25.7 Å². The van der Waals surface area contributed by atoms with Crippen LogP contribution in [0.15, 0.2) is 0 Å². The van der Waals surface area contributed by atoms with E-state index in [4.69, 9.17) is 37.0 Å². The summed E-state index contributed by atoms with van der Waals surface area (Å²) in [6.07, 6.45) is 66.4. The van der Waals surface area contributed by atoms with Crippen molar-refractivity contribution in [2.24, 2.45) is 11.8 Å². The zero-order valence-corrected chi connectivity index (χ0v) is 69.4. The maximum Gasteiger partial charge on any atom is 0.472 e. The maximum absolute atomic E-state index is 13.1. The van der Waals surface area contributed by atoms with E-state index in [9.17, 15) is 43.2 Å². The quantitative estimate of drug-likeness (QED) is 0.0222. The molecule has 0 rings (SSSR count). The number of aliphatic hydroxyl groups is 1. The van der Waals surface area contributed by atoms with Gasteiger partial charge in [-0.15, -0.1) is 0 Å². The predicted molar refractivity (Wildman–Crippen MR) is 423 cm³/mol. The van der Waals surface area contributed by atoms with E-state index in [2.05, 4.69) is 41.5 Å². The summed E-state index contributed by atoms with van der Waals surface area (Å²) >= 11 is 0. The molecule has 0 fully saturated rings. The lowest BCUT2D eigenvalue weighted by Gasteiger charge is -2.21. The van der Waals surface area contributed by atoms with Gasteiger partial charge >= 0.3 is 39.5 Å². The summed E-state index contributed by atoms with van der Waals surface area (Å²) in [6, 6.07) is 0. The van der Waals surface area contributed by atoms with Gasteiger partial charge in [-0.3, -0.25) is 37.3 Å². The molecule has 17 nitrogen and oxygen atoms in total. The molecule has 0 saturated heterocycles. The van der Waals surface area contributed by atoms with Crippen LogP contribution in [0.5, 0.6) is 0 Å². The molecule has 0 aromatic carbocycles. The molecule has 103 heavy (non-hydrogen) atoms. The summed E-state index contributed by atoms with van der Waals surface area (Å²) in [5.74, 6) is -0.429. The zero-order chi connectivity index (χ0) is 75.6. The lowest BCUT2D eigenvalue weighted by Crippen LogP contribution is -2.30. The summed E-state index contributed by atoms with van der Waals surface area (Å²) in [6.45, 7) is 9.75. The number of carbonyl (C=O) groups excluding carboxylic acids is 4. The third kappa shape index (κ3) is 75.3. The molecular formula is C84H164O17P2. The van der Waals surface area contributed by atoms with Crippen molar-refractivity contribution in [2.45, 2.75) is 464 Å². The van der Waals surface area contributed by atoms with Crippen LogP contribution in [0.3, 0.4) is 0 Å². The number of hydrogen-bond acceptors (Lipinski definition) is 15. The van der Waals surface area contributed by atoms with Gasteiger partial charge in [0.2, 0.25) is 0 Å². The number of phosphoric acid groups is 2. The Morgan fingerprint density at radius 2 is 0.466 bits per heavy atom. The third-order valence-corrected chi connectivity index (χ3v) is 22.3. The van der Waals surface area contributed by atoms with Crippen LogP contribution in [0.4, 0.5) is 0 Å². The molecule has 3 N–H and O–H groups in total. The minimum atomic E-state index is -4.96. The molecule has 0 spiro atoms. The van der Waals surface area contributed by atoms with Crippen LogP contribution in [0.25, 0.3) is 0 Å². The summed E-state index contributed by atoms with van der Waals surface area (Å²) in [5, 5.41) is 10.7. The Bertz CT molecular complexity index is 1980. The average Bonchev–Trinajstić information content (AvgIpc) is 1.06. The number of hydrogen-bond donors (Lipinski definition) is 3. The highest BCUT2D eigenvalue weighted by atomic mass is 31.2. The predicted octanol–water partition coefficient (Wildman–Crippen LogP) is 25.5. The second-order valence-electron chi connectivity index (χ2n) is 30.7. The van der Waals surface area contributed by atoms with Gasteiger partial charge in [-0.2, -0.15) is 0 Å². The largest absolute Gasteiger partial charge is 0.472 e. The molecule has 19 heteroatoms. The molecule has 0 radical (unpaired) electrons. The highest BCUT2D eigenvalue weighted by molar-refractivity contribution is 7.47. The topological polar surface area (TPSA) is 237 Å². The van der Waals surface area contributed by atoms with E-state index in [1.165, 1.54) is 263 Å². The lowest BCUT2D eigenvalue weighted by atomic mass is 9.99. The monoisotopic (exact) mass is 1510 g/mol. The molecule has 0 bridgehead atoms. The zero-order valence-electron chi connectivity index (χ0n) is 67.6. The van der Waals surface area contributed by atoms with Crippen molar-refractivity contribution in [3.05, 3.63) is 0 Å². The maximum atomic E-state index is 13.1. The molecule has 0 saturated carbocycles. The van der Waals surface area contributed by atoms with E-state index < -0.39 is 97.5 Å². The van der Waals surface area contributed by atoms with Crippen LogP contribution in [-0.2, 0) is 65.4 Å². The number of rotatable bonds is 83. The Morgan fingerprint density at radius 1 is 0.272 bits per heavy atom. The first-order valence-electron chi connectivity index (χ1n) is 43.6. The molecule has 0 heterocycles. The second-order valence-corrected chi connectivity index (χ2v) is 33.6. The molecule has 0 aliphatic heterocycles. The van der Waals surface area contributed by atoms with Crippen LogP contribution in [-0.4, -0.2) is 96.7 Å². The minimum Gasteiger partial charge on any atom is -0.462 e. The number of ether oxygens (including phenoxy) is 4. The summed E-state index contributed by atoms with van der Waals surface area (Å²) in [7, 11) is -9.92. The standard InChI is InChI=1S/C84H164O17P2/c1-7-11-13-15-17-19-21-22-23-29-32-36-43-49-55-61-67-82(87)95-73-79(100-83(88)68-62-56-50-44-37-33-30-27-25-24-26-28-31-35-40-46-52-58-64-76(5)9-3)74-98-102(90,91)96-70-78(85)71-97-103(92,93)99-75-80(72-94-81(86)66-60-54-48-42-34-20-18-16-14-12-8-2)101-84(89)69-63-57-51-45-39-38-41-47-53-59-65-77(6)10-4/h76-80,85H,7-75H2,1-6H3,(H,90,91)(H,92,93)/t76?,77?,78-,79-,80-/m1/s1. The van der Waals surface area contributed by atoms with Gasteiger partial charge in [0, 0.05) is 25.7 Å². The van der Waals surface area contributed by atoms with Gasteiger partial charge in [0.15, 0.2) is 12.2 Å². The lowest BCUT2D eigenvalue weighted by molar-refractivity contribution is -0.161. The molecule has 4 unspecified atom stereocenters. The minimum absolute atomic E-state index is 0.107. The SMILES string of the molecule is CCCCCCCCCCCCCCCCCCC(=O)OC[C@H](COP(=O)(O)OC[C@@H](O)COP(=O)(O)OC[C@@H](COC(=O)CCCCCCCCCCCCC)OC(=O)CCCCCCCCCCCCC(C)CC)OC(=O)CCCCCCCCCCCCCCCCCCCCC(C)CC. The molecule has 0 aliphatic carbocycles. The Balaban J connectivity index is 5.23. The van der Waals surface area contributed by atoms with Crippen molar-refractivity contribution in [3.63, 3.8) is 0 Å². The molecule has 0 amide bonds. The van der Waals surface area contributed by atoms with Crippen molar-refractivity contribution >= 4 is 39.5 Å². The summed E-state index contributed by atoms with van der Waals surface area (Å²) < 4.78 is 68.8. The van der Waals surface area contributed by atoms with E-state index in [1.54, 1.807) is 0 Å². The number of phosphoric ester groups is 2. The smallest absolute Gasteiger partial charge is 0.462 e. The first-order valence-corrected chi connectivity index (χ1v) is 46.6. The Kier molecular flexibility index (Phi) is 74.1. The van der Waals surface area contributed by atoms with Crippen molar-refractivity contribution in [1.29, 1.82) is 0 Å². The Hall–Kier alpha value is -1.94. The van der Waals surface area contributed by atoms with E-state index >= 15 is 0 Å². The van der Waals surface area contributed by atoms with Gasteiger partial charge in [0.25, 0.3) is 0 Å². The number of unbranched alkanes of at least 4 members (excludes halogenated alkanes) is 51. The van der Waals surface area contributed by atoms with Gasteiger partial charge < -0.3 is 33.8 Å². The van der Waals surface area contributed by atoms with Crippen LogP contribution in [0.1, 0.15) is 446 Å². The Labute approximate surface area is 632 Å². The van der Waals surface area contributed by atoms with Gasteiger partial charge in [-0.1, -0.05) is 395 Å².